The molecule has 0 unspecified atom stereocenters. The Balaban J connectivity index is 1.30. The molecule has 0 aliphatic heterocycles. The molecule has 0 bridgehead atoms. The van der Waals surface area contributed by atoms with E-state index in [1.807, 2.05) is 0 Å². The van der Waals surface area contributed by atoms with E-state index in [0.717, 1.165) is 12.1 Å². The van der Waals surface area contributed by atoms with Crippen LogP contribution in [0, 0.1) is 5.82 Å². The van der Waals surface area contributed by atoms with Crippen LogP contribution in [0.5, 0.6) is 11.5 Å². The molecule has 44 heavy (non-hydrogen) atoms. The van der Waals surface area contributed by atoms with Gasteiger partial charge in [-0.1, -0.05) is 18.2 Å². The maximum Gasteiger partial charge on any atom is 0.499 e. The molecule has 0 aliphatic carbocycles. The van der Waals surface area contributed by atoms with E-state index in [-0.39, 0.29) is 22.9 Å². The average molecular weight is 613 g/mol. The van der Waals surface area contributed by atoms with Gasteiger partial charge < -0.3 is 14.4 Å². The molecule has 4 aromatic carbocycles. The van der Waals surface area contributed by atoms with Crippen LogP contribution < -0.4 is 14.4 Å². The number of amides is 1. The first-order valence-corrected chi connectivity index (χ1v) is 12.8. The van der Waals surface area contributed by atoms with Crippen molar-refractivity contribution in [2.45, 2.75) is 12.3 Å². The number of carbonyl (C=O) groups is 1. The number of rotatable bonds is 8. The van der Waals surface area contributed by atoms with Gasteiger partial charge in [0.25, 0.3) is 5.91 Å². The van der Waals surface area contributed by atoms with Crippen molar-refractivity contribution in [2.24, 2.45) is 0 Å². The van der Waals surface area contributed by atoms with Crippen molar-refractivity contribution in [1.82, 2.24) is 14.8 Å². The van der Waals surface area contributed by atoms with Crippen molar-refractivity contribution in [2.75, 3.05) is 19.1 Å². The summed E-state index contributed by atoms with van der Waals surface area (Å²) in [5, 5.41) is 4.32. The monoisotopic (exact) mass is 612 g/mol. The Kier molecular flexibility index (Phi) is 8.05. The third-order valence-electron chi connectivity index (χ3n) is 6.60. The maximum absolute atomic E-state index is 14.7. The van der Waals surface area contributed by atoms with E-state index in [0.29, 0.717) is 28.3 Å². The quantitative estimate of drug-likeness (QED) is 0.169. The fourth-order valence-electron chi connectivity index (χ4n) is 4.27. The van der Waals surface area contributed by atoms with Crippen molar-refractivity contribution < 1.29 is 40.6 Å². The lowest BCUT2D eigenvalue weighted by Crippen LogP contribution is -2.41. The lowest BCUT2D eigenvalue weighted by atomic mass is 10.0. The first-order valence-electron chi connectivity index (χ1n) is 12.8. The summed E-state index contributed by atoms with van der Waals surface area (Å²) in [5.41, 5.74) is 2.44. The SMILES string of the molecule is COc1ccccc1-c1cc(C(=O)N(C)c2ccc(-c3ncn(-c4ccc(OC(F)(F)C(F)(F)F)cc4)n3)cc2)ccc1F. The van der Waals surface area contributed by atoms with Crippen molar-refractivity contribution in [3.8, 4) is 39.7 Å². The van der Waals surface area contributed by atoms with E-state index in [1.165, 1.54) is 53.4 Å². The molecule has 0 spiro atoms. The van der Waals surface area contributed by atoms with Crippen LogP contribution in [-0.4, -0.2) is 47.1 Å². The fourth-order valence-corrected chi connectivity index (χ4v) is 4.27. The molecular formula is C31H22F6N4O3. The normalized spacial score (nSPS) is 11.7. The van der Waals surface area contributed by atoms with Gasteiger partial charge in [0.1, 0.15) is 23.6 Å². The summed E-state index contributed by atoms with van der Waals surface area (Å²) in [6.07, 6.45) is -9.85. The number of hydrogen-bond donors (Lipinski definition) is 0. The number of hydrogen-bond acceptors (Lipinski definition) is 5. The first-order chi connectivity index (χ1) is 20.9. The van der Waals surface area contributed by atoms with Crippen LogP contribution in [0.15, 0.2) is 97.3 Å². The number of nitrogens with zero attached hydrogens (tertiary/aromatic N) is 4. The molecule has 1 aromatic heterocycles. The smallest absolute Gasteiger partial charge is 0.496 e. The van der Waals surface area contributed by atoms with Crippen molar-refractivity contribution >= 4 is 11.6 Å². The Labute approximate surface area is 246 Å². The summed E-state index contributed by atoms with van der Waals surface area (Å²) in [7, 11) is 3.06. The molecule has 0 saturated heterocycles. The van der Waals surface area contributed by atoms with Crippen LogP contribution in [0.3, 0.4) is 0 Å². The molecule has 0 fully saturated rings. The Morgan fingerprint density at radius 1 is 0.864 bits per heavy atom. The molecule has 5 aromatic rings. The number of para-hydroxylation sites is 1. The van der Waals surface area contributed by atoms with Crippen LogP contribution in [-0.2, 0) is 0 Å². The van der Waals surface area contributed by atoms with E-state index in [2.05, 4.69) is 14.8 Å². The average Bonchev–Trinajstić information content (AvgIpc) is 3.51. The summed E-state index contributed by atoms with van der Waals surface area (Å²) in [5.74, 6) is -0.807. The highest BCUT2D eigenvalue weighted by Gasteiger charge is 2.61. The minimum atomic E-state index is -5.86. The minimum absolute atomic E-state index is 0.222. The lowest BCUT2D eigenvalue weighted by molar-refractivity contribution is -0.360. The summed E-state index contributed by atoms with van der Waals surface area (Å²) in [6, 6.07) is 22.1. The van der Waals surface area contributed by atoms with E-state index in [1.54, 1.807) is 55.6 Å². The van der Waals surface area contributed by atoms with E-state index < -0.39 is 23.9 Å². The second kappa shape index (κ2) is 11.7. The highest BCUT2D eigenvalue weighted by Crippen LogP contribution is 2.37. The van der Waals surface area contributed by atoms with Crippen molar-refractivity contribution in [1.29, 1.82) is 0 Å². The van der Waals surface area contributed by atoms with Gasteiger partial charge in [0.2, 0.25) is 0 Å². The van der Waals surface area contributed by atoms with Gasteiger partial charge in [0.15, 0.2) is 5.82 Å². The Hall–Kier alpha value is -5.33. The van der Waals surface area contributed by atoms with Crippen LogP contribution in [0.1, 0.15) is 10.4 Å². The molecule has 5 rings (SSSR count). The molecule has 0 N–H and O–H groups in total. The zero-order valence-corrected chi connectivity index (χ0v) is 23.0. The summed E-state index contributed by atoms with van der Waals surface area (Å²) >= 11 is 0. The highest BCUT2D eigenvalue weighted by atomic mass is 19.4. The number of methoxy groups -OCH3 is 1. The first kappa shape index (κ1) is 30.1. The third-order valence-corrected chi connectivity index (χ3v) is 6.60. The minimum Gasteiger partial charge on any atom is -0.496 e. The molecule has 0 radical (unpaired) electrons. The molecule has 7 nitrogen and oxygen atoms in total. The van der Waals surface area contributed by atoms with Gasteiger partial charge in [0.05, 0.1) is 12.8 Å². The number of aromatic nitrogens is 3. The zero-order chi connectivity index (χ0) is 31.6. The summed E-state index contributed by atoms with van der Waals surface area (Å²) < 4.78 is 88.6. The van der Waals surface area contributed by atoms with E-state index in [9.17, 15) is 31.1 Å². The predicted molar refractivity (Wildman–Crippen MR) is 150 cm³/mol. The molecule has 1 amide bonds. The second-order valence-electron chi connectivity index (χ2n) is 9.43. The third kappa shape index (κ3) is 6.07. The number of alkyl halides is 5. The van der Waals surface area contributed by atoms with Crippen molar-refractivity contribution in [3.05, 3.63) is 109 Å². The van der Waals surface area contributed by atoms with Crippen LogP contribution >= 0.6 is 0 Å². The Bertz CT molecular complexity index is 1790. The lowest BCUT2D eigenvalue weighted by Gasteiger charge is -2.20. The van der Waals surface area contributed by atoms with Crippen LogP contribution in [0.2, 0.25) is 0 Å². The molecule has 0 atom stereocenters. The number of anilines is 1. The van der Waals surface area contributed by atoms with Gasteiger partial charge in [0, 0.05) is 35.0 Å². The van der Waals surface area contributed by atoms with Gasteiger partial charge in [-0.2, -0.15) is 22.0 Å². The number of benzene rings is 4. The summed E-state index contributed by atoms with van der Waals surface area (Å²) in [4.78, 5) is 18.9. The van der Waals surface area contributed by atoms with Gasteiger partial charge in [-0.25, -0.2) is 14.1 Å². The Morgan fingerprint density at radius 2 is 1.55 bits per heavy atom. The topological polar surface area (TPSA) is 69.5 Å². The van der Waals surface area contributed by atoms with E-state index >= 15 is 0 Å². The predicted octanol–water partition coefficient (Wildman–Crippen LogP) is 7.56. The number of ether oxygens (including phenoxy) is 2. The fraction of sp³-hybridized carbons (Fsp3) is 0.129. The molecule has 0 saturated carbocycles. The van der Waals surface area contributed by atoms with Crippen LogP contribution in [0.4, 0.5) is 32.0 Å². The number of halogens is 6. The van der Waals surface area contributed by atoms with Gasteiger partial charge in [-0.15, -0.1) is 5.10 Å². The standard InChI is InChI=1S/C31H22F6N4O3/c1-40(29(42)20-9-16-26(32)25(17-20)24-5-3-4-6-27(24)43-2)21-10-7-19(8-11-21)28-38-18-41(39-28)22-12-14-23(15-13-22)44-31(36,37)30(33,34)35/h3-18H,1-2H3. The van der Waals surface area contributed by atoms with Gasteiger partial charge >= 0.3 is 12.3 Å². The molecule has 226 valence electrons. The molecule has 1 heterocycles. The van der Waals surface area contributed by atoms with Crippen LogP contribution in [0.25, 0.3) is 28.2 Å². The van der Waals surface area contributed by atoms with Crippen molar-refractivity contribution in [3.63, 3.8) is 0 Å². The zero-order valence-electron chi connectivity index (χ0n) is 23.0. The highest BCUT2D eigenvalue weighted by molar-refractivity contribution is 6.06. The van der Waals surface area contributed by atoms with E-state index in [4.69, 9.17) is 4.74 Å². The maximum atomic E-state index is 14.7. The largest absolute Gasteiger partial charge is 0.499 e. The number of carbonyl (C=O) groups excluding carboxylic acids is 1. The van der Waals surface area contributed by atoms with Gasteiger partial charge in [-0.3, -0.25) is 4.79 Å². The summed E-state index contributed by atoms with van der Waals surface area (Å²) in [6.45, 7) is 0. The Morgan fingerprint density at radius 3 is 2.20 bits per heavy atom. The van der Waals surface area contributed by atoms with Gasteiger partial charge in [-0.05, 0) is 72.8 Å². The second-order valence-corrected chi connectivity index (χ2v) is 9.43. The molecule has 0 aliphatic rings. The molecular weight excluding hydrogens is 590 g/mol. The molecule has 13 heteroatoms.